The van der Waals surface area contributed by atoms with Crippen molar-refractivity contribution in [3.05, 3.63) is 47.2 Å². The summed E-state index contributed by atoms with van der Waals surface area (Å²) in [6, 6.07) is 9.99. The van der Waals surface area contributed by atoms with E-state index < -0.39 is 14.2 Å². The van der Waals surface area contributed by atoms with Gasteiger partial charge in [0, 0.05) is 0 Å². The Morgan fingerprint density at radius 3 is 2.33 bits per heavy atom. The van der Waals surface area contributed by atoms with Crippen molar-refractivity contribution in [1.82, 2.24) is 0 Å². The molecule has 0 spiro atoms. The summed E-state index contributed by atoms with van der Waals surface area (Å²) >= 11 is 0. The minimum Gasteiger partial charge on any atom is -0.384 e. The van der Waals surface area contributed by atoms with E-state index >= 15 is 0 Å². The summed E-state index contributed by atoms with van der Waals surface area (Å²) in [6.07, 6.45) is 2.91. The quantitative estimate of drug-likeness (QED) is 0.736. The fourth-order valence-corrected chi connectivity index (χ4v) is 3.49. The van der Waals surface area contributed by atoms with Gasteiger partial charge in [-0.2, -0.15) is 0 Å². The Morgan fingerprint density at radius 1 is 1.22 bits per heavy atom. The summed E-state index contributed by atoms with van der Waals surface area (Å²) in [7, 11) is -1.29. The van der Waals surface area contributed by atoms with Gasteiger partial charge in [0.1, 0.15) is 0 Å². The van der Waals surface area contributed by atoms with E-state index in [9.17, 15) is 5.11 Å². The van der Waals surface area contributed by atoms with Gasteiger partial charge in [0.15, 0.2) is 0 Å². The number of benzene rings is 1. The van der Waals surface area contributed by atoms with Gasteiger partial charge >= 0.3 is 0 Å². The fraction of sp³-hybridized carbons (Fsp3) is 0.500. The molecule has 0 radical (unpaired) electrons. The van der Waals surface area contributed by atoms with E-state index in [2.05, 4.69) is 32.3 Å². The van der Waals surface area contributed by atoms with Crippen LogP contribution in [0, 0.1) is 0 Å². The molecule has 0 amide bonds. The number of aliphatic hydroxyl groups is 1. The molecule has 0 bridgehead atoms. The summed E-state index contributed by atoms with van der Waals surface area (Å²) in [6.45, 7) is 9.14. The monoisotopic (exact) mass is 262 g/mol. The first kappa shape index (κ1) is 15.2. The van der Waals surface area contributed by atoms with Crippen LogP contribution in [0.4, 0.5) is 0 Å². The molecule has 1 aromatic rings. The summed E-state index contributed by atoms with van der Waals surface area (Å²) in [4.78, 5) is 0. The van der Waals surface area contributed by atoms with Crippen LogP contribution in [-0.2, 0) is 0 Å². The Balaban J connectivity index is 2.93. The highest BCUT2D eigenvalue weighted by Gasteiger charge is 2.17. The molecule has 18 heavy (non-hydrogen) atoms. The highest BCUT2D eigenvalue weighted by Crippen LogP contribution is 2.27. The molecular formula is C16H26OSi. The lowest BCUT2D eigenvalue weighted by Crippen LogP contribution is -2.18. The number of hydrogen-bond donors (Lipinski definition) is 1. The Bertz CT molecular complexity index is 376. The summed E-state index contributed by atoms with van der Waals surface area (Å²) < 4.78 is 0. The Morgan fingerprint density at radius 2 is 1.83 bits per heavy atom. The fourth-order valence-electron chi connectivity index (χ4n) is 2.07. The molecule has 1 nitrogen and oxygen atoms in total. The SMILES string of the molecule is CCCC/C(=C\[Si](C)(C)C)C(O)c1ccccc1. The molecule has 0 heterocycles. The third kappa shape index (κ3) is 5.19. The average molecular weight is 262 g/mol. The van der Waals surface area contributed by atoms with Crippen molar-refractivity contribution in [3.8, 4) is 0 Å². The number of rotatable bonds is 6. The Hall–Kier alpha value is -0.863. The highest BCUT2D eigenvalue weighted by molar-refractivity contribution is 6.81. The molecule has 1 rings (SSSR count). The van der Waals surface area contributed by atoms with Crippen molar-refractivity contribution >= 4 is 8.07 Å². The van der Waals surface area contributed by atoms with Crippen LogP contribution in [-0.4, -0.2) is 13.2 Å². The summed E-state index contributed by atoms with van der Waals surface area (Å²) in [5.74, 6) is 0. The van der Waals surface area contributed by atoms with Gasteiger partial charge in [0.2, 0.25) is 0 Å². The molecule has 2 heteroatoms. The Labute approximate surface area is 113 Å². The Kier molecular flexibility index (Phi) is 5.83. The van der Waals surface area contributed by atoms with E-state index in [0.29, 0.717) is 0 Å². The number of aliphatic hydroxyl groups excluding tert-OH is 1. The van der Waals surface area contributed by atoms with Gasteiger partial charge in [-0.25, -0.2) is 0 Å². The minimum atomic E-state index is -1.29. The van der Waals surface area contributed by atoms with Crippen molar-refractivity contribution in [2.24, 2.45) is 0 Å². The predicted molar refractivity (Wildman–Crippen MR) is 82.4 cm³/mol. The highest BCUT2D eigenvalue weighted by atomic mass is 28.3. The third-order valence-corrected chi connectivity index (χ3v) is 4.14. The molecule has 0 saturated heterocycles. The van der Waals surface area contributed by atoms with Gasteiger partial charge in [-0.3, -0.25) is 0 Å². The summed E-state index contributed by atoms with van der Waals surface area (Å²) in [5, 5.41) is 10.5. The standard InChI is InChI=1S/C16H26OSi/c1-5-6-10-15(13-18(2,3)4)16(17)14-11-8-7-9-12-14/h7-9,11-13,16-17H,5-6,10H2,1-4H3/b15-13+. The summed E-state index contributed by atoms with van der Waals surface area (Å²) in [5.41, 5.74) is 4.58. The molecule has 0 aromatic heterocycles. The zero-order chi connectivity index (χ0) is 13.6. The molecule has 0 aliphatic rings. The topological polar surface area (TPSA) is 20.2 Å². The second kappa shape index (κ2) is 6.91. The molecule has 0 saturated carbocycles. The van der Waals surface area contributed by atoms with Crippen LogP contribution in [0.1, 0.15) is 37.9 Å². The van der Waals surface area contributed by atoms with Gasteiger partial charge in [-0.15, -0.1) is 0 Å². The van der Waals surface area contributed by atoms with Crippen molar-refractivity contribution in [2.45, 2.75) is 51.9 Å². The van der Waals surface area contributed by atoms with Crippen LogP contribution in [0.5, 0.6) is 0 Å². The molecule has 1 aromatic carbocycles. The molecule has 0 aliphatic heterocycles. The maximum Gasteiger partial charge on any atom is 0.0997 e. The first-order chi connectivity index (χ1) is 8.44. The van der Waals surface area contributed by atoms with E-state index in [4.69, 9.17) is 0 Å². The van der Waals surface area contributed by atoms with Crippen molar-refractivity contribution in [1.29, 1.82) is 0 Å². The normalized spacial score (nSPS) is 14.6. The van der Waals surface area contributed by atoms with E-state index in [1.807, 2.05) is 30.3 Å². The van der Waals surface area contributed by atoms with E-state index in [0.717, 1.165) is 18.4 Å². The van der Waals surface area contributed by atoms with Crippen molar-refractivity contribution in [3.63, 3.8) is 0 Å². The van der Waals surface area contributed by atoms with Gasteiger partial charge in [0.05, 0.1) is 14.2 Å². The lowest BCUT2D eigenvalue weighted by Gasteiger charge is -2.20. The zero-order valence-corrected chi connectivity index (χ0v) is 13.1. The van der Waals surface area contributed by atoms with Crippen molar-refractivity contribution in [2.75, 3.05) is 0 Å². The van der Waals surface area contributed by atoms with Gasteiger partial charge in [-0.05, 0) is 24.0 Å². The minimum absolute atomic E-state index is 0.426. The van der Waals surface area contributed by atoms with Crippen LogP contribution < -0.4 is 0 Å². The smallest absolute Gasteiger partial charge is 0.0997 e. The molecule has 1 N–H and O–H groups in total. The molecule has 1 unspecified atom stereocenters. The largest absolute Gasteiger partial charge is 0.384 e. The van der Waals surface area contributed by atoms with E-state index in [-0.39, 0.29) is 0 Å². The molecule has 1 atom stereocenters. The van der Waals surface area contributed by atoms with Gasteiger partial charge in [-0.1, -0.05) is 69.0 Å². The van der Waals surface area contributed by atoms with Gasteiger partial charge < -0.3 is 5.11 Å². The zero-order valence-electron chi connectivity index (χ0n) is 12.1. The molecular weight excluding hydrogens is 236 g/mol. The number of unbranched alkanes of at least 4 members (excludes halogenated alkanes) is 1. The van der Waals surface area contributed by atoms with Crippen molar-refractivity contribution < 1.29 is 5.11 Å². The second-order valence-corrected chi connectivity index (χ2v) is 11.0. The van der Waals surface area contributed by atoms with Gasteiger partial charge in [0.25, 0.3) is 0 Å². The predicted octanol–water partition coefficient (Wildman–Crippen LogP) is 4.71. The van der Waals surface area contributed by atoms with Crippen LogP contribution in [0.2, 0.25) is 19.6 Å². The van der Waals surface area contributed by atoms with Crippen LogP contribution in [0.25, 0.3) is 0 Å². The first-order valence-electron chi connectivity index (χ1n) is 6.88. The molecule has 100 valence electrons. The van der Waals surface area contributed by atoms with Crippen LogP contribution >= 0.6 is 0 Å². The second-order valence-electron chi connectivity index (χ2n) is 6.00. The maximum absolute atomic E-state index is 10.5. The van der Waals surface area contributed by atoms with Crippen LogP contribution in [0.15, 0.2) is 41.6 Å². The van der Waals surface area contributed by atoms with Crippen LogP contribution in [0.3, 0.4) is 0 Å². The third-order valence-electron chi connectivity index (χ3n) is 2.90. The number of hydrogen-bond acceptors (Lipinski definition) is 1. The average Bonchev–Trinajstić information content (AvgIpc) is 2.33. The first-order valence-corrected chi connectivity index (χ1v) is 10.5. The molecule has 0 aliphatic carbocycles. The lowest BCUT2D eigenvalue weighted by molar-refractivity contribution is 0.210. The maximum atomic E-state index is 10.5. The lowest BCUT2D eigenvalue weighted by atomic mass is 9.99. The van der Waals surface area contributed by atoms with E-state index in [1.165, 1.54) is 12.0 Å². The van der Waals surface area contributed by atoms with E-state index in [1.54, 1.807) is 0 Å². The molecule has 0 fully saturated rings.